The lowest BCUT2D eigenvalue weighted by atomic mass is 9.91. The summed E-state index contributed by atoms with van der Waals surface area (Å²) >= 11 is 3.33. The number of ether oxygens (including phenoxy) is 1. The molecule has 0 aliphatic rings. The van der Waals surface area contributed by atoms with Gasteiger partial charge in [0.05, 0.1) is 24.0 Å². The molecule has 0 spiro atoms. The predicted molar refractivity (Wildman–Crippen MR) is 102 cm³/mol. The van der Waals surface area contributed by atoms with Gasteiger partial charge in [0.25, 0.3) is 0 Å². The van der Waals surface area contributed by atoms with Crippen LogP contribution in [0.15, 0.2) is 28.9 Å². The first-order chi connectivity index (χ1) is 12.4. The fourth-order valence-corrected chi connectivity index (χ4v) is 3.18. The number of carbonyl (C=O) groups excluding carboxylic acids is 1. The van der Waals surface area contributed by atoms with Crippen LogP contribution in [0.3, 0.4) is 0 Å². The number of hydrogen-bond acceptors (Lipinski definition) is 3. The number of halogens is 3. The Balaban J connectivity index is 2.47. The summed E-state index contributed by atoms with van der Waals surface area (Å²) in [5.74, 6) is -0.936. The second kappa shape index (κ2) is 7.96. The van der Waals surface area contributed by atoms with Crippen LogP contribution in [0, 0.1) is 11.6 Å². The number of benzene rings is 1. The minimum absolute atomic E-state index is 0.0344. The van der Waals surface area contributed by atoms with Gasteiger partial charge < -0.3 is 10.1 Å². The van der Waals surface area contributed by atoms with Gasteiger partial charge in [0.1, 0.15) is 11.4 Å². The van der Waals surface area contributed by atoms with Crippen molar-refractivity contribution in [2.45, 2.75) is 58.7 Å². The third kappa shape index (κ3) is 5.28. The van der Waals surface area contributed by atoms with Crippen LogP contribution in [-0.4, -0.2) is 21.5 Å². The monoisotopic (exact) mass is 443 g/mol. The molecular weight excluding hydrogens is 420 g/mol. The Morgan fingerprint density at radius 2 is 1.93 bits per heavy atom. The average Bonchev–Trinajstić information content (AvgIpc) is 2.87. The third-order valence-electron chi connectivity index (χ3n) is 4.00. The van der Waals surface area contributed by atoms with Crippen molar-refractivity contribution < 1.29 is 18.3 Å². The maximum Gasteiger partial charge on any atom is 0.408 e. The highest BCUT2D eigenvalue weighted by Gasteiger charge is 2.35. The van der Waals surface area contributed by atoms with Gasteiger partial charge in [0, 0.05) is 10.0 Å². The Labute approximate surface area is 166 Å². The van der Waals surface area contributed by atoms with Crippen LogP contribution in [0.2, 0.25) is 0 Å². The Hall–Kier alpha value is -1.96. The summed E-state index contributed by atoms with van der Waals surface area (Å²) in [5, 5.41) is 6.78. The van der Waals surface area contributed by atoms with E-state index in [1.807, 2.05) is 0 Å². The molecule has 27 heavy (non-hydrogen) atoms. The molecule has 0 fully saturated rings. The molecule has 1 aromatic heterocycles. The highest BCUT2D eigenvalue weighted by Crippen LogP contribution is 2.29. The molecule has 0 aliphatic heterocycles. The van der Waals surface area contributed by atoms with Gasteiger partial charge in [0.15, 0.2) is 5.82 Å². The van der Waals surface area contributed by atoms with E-state index in [-0.39, 0.29) is 12.1 Å². The second-order valence-corrected chi connectivity index (χ2v) is 8.45. The third-order valence-corrected chi connectivity index (χ3v) is 4.49. The van der Waals surface area contributed by atoms with E-state index in [1.165, 1.54) is 10.7 Å². The minimum atomic E-state index is -1.22. The SMILES string of the molecule is CCc1c(F)cnn1CC(C)(NC(=O)OC(C)(C)C)c1cc(Br)ccc1F. The molecule has 8 heteroatoms. The van der Waals surface area contributed by atoms with Crippen molar-refractivity contribution in [2.24, 2.45) is 0 Å². The maximum atomic E-state index is 14.6. The zero-order valence-corrected chi connectivity index (χ0v) is 17.7. The summed E-state index contributed by atoms with van der Waals surface area (Å²) in [6, 6.07) is 4.45. The number of carbonyl (C=O) groups is 1. The number of nitrogens with zero attached hydrogens (tertiary/aromatic N) is 2. The molecule has 148 valence electrons. The van der Waals surface area contributed by atoms with E-state index in [4.69, 9.17) is 4.74 Å². The first-order valence-electron chi connectivity index (χ1n) is 8.62. The Morgan fingerprint density at radius 1 is 1.26 bits per heavy atom. The summed E-state index contributed by atoms with van der Waals surface area (Å²) in [5.41, 5.74) is -1.32. The van der Waals surface area contributed by atoms with Gasteiger partial charge in [-0.1, -0.05) is 22.9 Å². The molecule has 1 unspecified atom stereocenters. The molecule has 1 amide bonds. The number of alkyl carbamates (subject to hydrolysis) is 1. The van der Waals surface area contributed by atoms with E-state index in [9.17, 15) is 13.6 Å². The summed E-state index contributed by atoms with van der Waals surface area (Å²) < 4.78 is 36.0. The van der Waals surface area contributed by atoms with E-state index < -0.39 is 28.9 Å². The van der Waals surface area contributed by atoms with Crippen molar-refractivity contribution in [3.05, 3.63) is 51.8 Å². The maximum absolute atomic E-state index is 14.6. The molecule has 0 aliphatic carbocycles. The Bertz CT molecular complexity index is 833. The van der Waals surface area contributed by atoms with Crippen LogP contribution < -0.4 is 5.32 Å². The van der Waals surface area contributed by atoms with Gasteiger partial charge in [-0.25, -0.2) is 13.6 Å². The van der Waals surface area contributed by atoms with Crippen molar-refractivity contribution in [1.82, 2.24) is 15.1 Å². The van der Waals surface area contributed by atoms with Gasteiger partial charge in [-0.05, 0) is 52.3 Å². The molecule has 2 rings (SSSR count). The number of nitrogens with one attached hydrogen (secondary N) is 1. The van der Waals surface area contributed by atoms with Crippen molar-refractivity contribution >= 4 is 22.0 Å². The largest absolute Gasteiger partial charge is 0.444 e. The zero-order valence-electron chi connectivity index (χ0n) is 16.1. The summed E-state index contributed by atoms with van der Waals surface area (Å²) in [4.78, 5) is 12.4. The molecule has 0 saturated carbocycles. The standard InChI is InChI=1S/C19H24BrF2N3O2/c1-6-16-15(22)10-23-25(16)11-19(5,24-17(26)27-18(2,3)4)13-9-12(20)7-8-14(13)21/h7-10H,6,11H2,1-5H3,(H,24,26). The van der Waals surface area contributed by atoms with Crippen LogP contribution in [0.5, 0.6) is 0 Å². The van der Waals surface area contributed by atoms with Crippen molar-refractivity contribution in [3.8, 4) is 0 Å². The van der Waals surface area contributed by atoms with E-state index in [2.05, 4.69) is 26.3 Å². The summed E-state index contributed by atoms with van der Waals surface area (Å²) in [6.07, 6.45) is 0.828. The first kappa shape index (κ1) is 21.3. The molecule has 1 aromatic carbocycles. The van der Waals surface area contributed by atoms with E-state index in [1.54, 1.807) is 46.8 Å². The van der Waals surface area contributed by atoms with Crippen LogP contribution in [-0.2, 0) is 23.2 Å². The minimum Gasteiger partial charge on any atom is -0.444 e. The van der Waals surface area contributed by atoms with Gasteiger partial charge >= 0.3 is 6.09 Å². The van der Waals surface area contributed by atoms with E-state index in [0.717, 1.165) is 6.20 Å². The van der Waals surface area contributed by atoms with Gasteiger partial charge in [-0.3, -0.25) is 4.68 Å². The van der Waals surface area contributed by atoms with Crippen LogP contribution in [0.25, 0.3) is 0 Å². The summed E-state index contributed by atoms with van der Waals surface area (Å²) in [6.45, 7) is 8.70. The quantitative estimate of drug-likeness (QED) is 0.712. The molecule has 1 heterocycles. The molecule has 0 saturated heterocycles. The zero-order chi connectivity index (χ0) is 20.4. The van der Waals surface area contributed by atoms with Crippen LogP contribution in [0.4, 0.5) is 13.6 Å². The highest BCUT2D eigenvalue weighted by molar-refractivity contribution is 9.10. The Morgan fingerprint density at radius 3 is 2.52 bits per heavy atom. The van der Waals surface area contributed by atoms with Crippen LogP contribution in [0.1, 0.15) is 45.9 Å². The lowest BCUT2D eigenvalue weighted by molar-refractivity contribution is 0.0445. The smallest absolute Gasteiger partial charge is 0.408 e. The van der Waals surface area contributed by atoms with Crippen molar-refractivity contribution in [1.29, 1.82) is 0 Å². The van der Waals surface area contributed by atoms with Gasteiger partial charge in [0.2, 0.25) is 0 Å². The Kier molecular flexibility index (Phi) is 6.29. The molecule has 5 nitrogen and oxygen atoms in total. The number of amides is 1. The molecule has 1 atom stereocenters. The van der Waals surface area contributed by atoms with E-state index in [0.29, 0.717) is 16.6 Å². The fraction of sp³-hybridized carbons (Fsp3) is 0.474. The highest BCUT2D eigenvalue weighted by atomic mass is 79.9. The van der Waals surface area contributed by atoms with E-state index >= 15 is 0 Å². The van der Waals surface area contributed by atoms with Crippen molar-refractivity contribution in [2.75, 3.05) is 0 Å². The lowest BCUT2D eigenvalue weighted by Crippen LogP contribution is -2.49. The number of rotatable bonds is 5. The number of aromatic nitrogens is 2. The predicted octanol–water partition coefficient (Wildman–Crippen LogP) is 4.93. The molecule has 2 aromatic rings. The number of hydrogen-bond donors (Lipinski definition) is 1. The molecule has 0 bridgehead atoms. The molecular formula is C19H24BrF2N3O2. The lowest BCUT2D eigenvalue weighted by Gasteiger charge is -2.33. The van der Waals surface area contributed by atoms with Gasteiger partial charge in [-0.15, -0.1) is 0 Å². The molecule has 0 radical (unpaired) electrons. The molecule has 1 N–H and O–H groups in total. The van der Waals surface area contributed by atoms with Crippen molar-refractivity contribution in [3.63, 3.8) is 0 Å². The fourth-order valence-electron chi connectivity index (χ4n) is 2.82. The second-order valence-electron chi connectivity index (χ2n) is 7.53. The van der Waals surface area contributed by atoms with Gasteiger partial charge in [-0.2, -0.15) is 5.10 Å². The summed E-state index contributed by atoms with van der Waals surface area (Å²) in [7, 11) is 0. The average molecular weight is 444 g/mol. The van der Waals surface area contributed by atoms with Crippen LogP contribution >= 0.6 is 15.9 Å². The topological polar surface area (TPSA) is 56.2 Å². The normalized spacial score (nSPS) is 13.9. The first-order valence-corrected chi connectivity index (χ1v) is 9.41.